The maximum Gasteiger partial charge on any atom is 0.252 e. The molecule has 0 aliphatic heterocycles. The van der Waals surface area contributed by atoms with E-state index in [9.17, 15) is 18.4 Å². The summed E-state index contributed by atoms with van der Waals surface area (Å²) in [7, 11) is 0. The second kappa shape index (κ2) is 10.6. The predicted molar refractivity (Wildman–Crippen MR) is 114 cm³/mol. The molecule has 160 valence electrons. The Hall–Kier alpha value is -3.33. The first-order valence-electron chi connectivity index (χ1n) is 9.28. The van der Waals surface area contributed by atoms with Crippen LogP contribution in [0.15, 0.2) is 65.4 Å². The number of ether oxygens (including phenoxy) is 1. The van der Waals surface area contributed by atoms with Crippen LogP contribution in [0, 0.1) is 11.6 Å². The molecule has 0 fully saturated rings. The highest BCUT2D eigenvalue weighted by Crippen LogP contribution is 2.24. The van der Waals surface area contributed by atoms with E-state index in [4.69, 9.17) is 4.74 Å². The summed E-state index contributed by atoms with van der Waals surface area (Å²) < 4.78 is 33.4. The number of aromatic nitrogens is 1. The highest BCUT2D eigenvalue weighted by molar-refractivity contribution is 9.10. The average molecular weight is 490 g/mol. The van der Waals surface area contributed by atoms with Crippen molar-refractivity contribution in [1.29, 1.82) is 0 Å². The second-order valence-electron chi connectivity index (χ2n) is 6.46. The molecule has 3 aromatic rings. The van der Waals surface area contributed by atoms with E-state index in [1.807, 2.05) is 0 Å². The maximum atomic E-state index is 14.2. The van der Waals surface area contributed by atoms with E-state index in [2.05, 4.69) is 31.5 Å². The van der Waals surface area contributed by atoms with Crippen LogP contribution >= 0.6 is 15.9 Å². The molecule has 0 spiro atoms. The van der Waals surface area contributed by atoms with Gasteiger partial charge in [-0.05, 0) is 64.0 Å². The average Bonchev–Trinajstić information content (AvgIpc) is 2.76. The topological polar surface area (TPSA) is 80.3 Å². The molecule has 31 heavy (non-hydrogen) atoms. The Bertz CT molecular complexity index is 1080. The lowest BCUT2D eigenvalue weighted by atomic mass is 10.2. The second-order valence-corrected chi connectivity index (χ2v) is 7.32. The highest BCUT2D eigenvalue weighted by Gasteiger charge is 2.12. The quantitative estimate of drug-likeness (QED) is 0.492. The largest absolute Gasteiger partial charge is 0.453 e. The van der Waals surface area contributed by atoms with Gasteiger partial charge in [0, 0.05) is 30.2 Å². The third kappa shape index (κ3) is 6.58. The Morgan fingerprint density at radius 3 is 2.65 bits per heavy atom. The number of halogens is 3. The van der Waals surface area contributed by atoms with Crippen molar-refractivity contribution < 1.29 is 23.1 Å². The van der Waals surface area contributed by atoms with Gasteiger partial charge in [0.15, 0.2) is 11.6 Å². The molecule has 2 N–H and O–H groups in total. The van der Waals surface area contributed by atoms with E-state index in [0.717, 1.165) is 6.07 Å². The van der Waals surface area contributed by atoms with Gasteiger partial charge in [0.05, 0.1) is 11.8 Å². The molecule has 0 saturated heterocycles. The van der Waals surface area contributed by atoms with E-state index < -0.39 is 17.5 Å². The third-order valence-electron chi connectivity index (χ3n) is 4.16. The number of carbonyl (C=O) groups is 2. The minimum absolute atomic E-state index is 0.0172. The Balaban J connectivity index is 1.44. The van der Waals surface area contributed by atoms with Crippen molar-refractivity contribution >= 4 is 27.7 Å². The Kier molecular flexibility index (Phi) is 7.66. The molecular formula is C22H18BrF2N3O3. The first kappa shape index (κ1) is 22.4. The SMILES string of the molecule is O=C(CCNC(=O)c1cc(F)ccc1Br)NCc1ccc(Oc2cccnc2)c(F)c1. The maximum absolute atomic E-state index is 14.2. The summed E-state index contributed by atoms with van der Waals surface area (Å²) in [6.07, 6.45) is 3.07. The van der Waals surface area contributed by atoms with Gasteiger partial charge in [0.1, 0.15) is 11.6 Å². The molecule has 1 heterocycles. The van der Waals surface area contributed by atoms with Crippen LogP contribution in [0.5, 0.6) is 11.5 Å². The van der Waals surface area contributed by atoms with Crippen molar-refractivity contribution in [2.45, 2.75) is 13.0 Å². The Morgan fingerprint density at radius 1 is 1.06 bits per heavy atom. The van der Waals surface area contributed by atoms with Gasteiger partial charge in [-0.15, -0.1) is 0 Å². The summed E-state index contributed by atoms with van der Waals surface area (Å²) in [5.41, 5.74) is 0.696. The molecule has 1 aromatic heterocycles. The van der Waals surface area contributed by atoms with Gasteiger partial charge in [-0.2, -0.15) is 0 Å². The fraction of sp³-hybridized carbons (Fsp3) is 0.136. The first-order valence-corrected chi connectivity index (χ1v) is 10.1. The molecule has 2 amide bonds. The number of rotatable bonds is 8. The molecular weight excluding hydrogens is 472 g/mol. The number of amides is 2. The third-order valence-corrected chi connectivity index (χ3v) is 4.85. The van der Waals surface area contributed by atoms with Crippen LogP contribution in [0.25, 0.3) is 0 Å². The van der Waals surface area contributed by atoms with Crippen molar-refractivity contribution in [1.82, 2.24) is 15.6 Å². The number of hydrogen-bond donors (Lipinski definition) is 2. The number of nitrogens with one attached hydrogen (secondary N) is 2. The molecule has 0 aliphatic carbocycles. The number of nitrogens with zero attached hydrogens (tertiary/aromatic N) is 1. The van der Waals surface area contributed by atoms with Crippen molar-refractivity contribution in [3.63, 3.8) is 0 Å². The number of pyridine rings is 1. The number of benzene rings is 2. The van der Waals surface area contributed by atoms with Crippen LogP contribution in [-0.2, 0) is 11.3 Å². The highest BCUT2D eigenvalue weighted by atomic mass is 79.9. The zero-order valence-electron chi connectivity index (χ0n) is 16.2. The van der Waals surface area contributed by atoms with Gasteiger partial charge in [0.25, 0.3) is 5.91 Å². The molecule has 2 aromatic carbocycles. The molecule has 0 atom stereocenters. The normalized spacial score (nSPS) is 10.4. The Morgan fingerprint density at radius 2 is 1.90 bits per heavy atom. The van der Waals surface area contributed by atoms with E-state index in [1.54, 1.807) is 24.4 Å². The minimum atomic E-state index is -0.566. The summed E-state index contributed by atoms with van der Waals surface area (Å²) in [6.45, 7) is 0.187. The van der Waals surface area contributed by atoms with Crippen molar-refractivity contribution in [2.75, 3.05) is 6.54 Å². The molecule has 0 saturated carbocycles. The summed E-state index contributed by atoms with van der Waals surface area (Å²) in [5.74, 6) is -1.46. The van der Waals surface area contributed by atoms with Gasteiger partial charge in [0.2, 0.25) is 5.91 Å². The van der Waals surface area contributed by atoms with Crippen LogP contribution in [0.1, 0.15) is 22.3 Å². The predicted octanol–water partition coefficient (Wildman–Crippen LogP) is 4.35. The van der Waals surface area contributed by atoms with Gasteiger partial charge in [-0.25, -0.2) is 8.78 Å². The molecule has 3 rings (SSSR count). The van der Waals surface area contributed by atoms with Crippen molar-refractivity contribution in [3.05, 3.63) is 88.2 Å². The standard InChI is InChI=1S/C22H18BrF2N3O3/c23-18-5-4-15(24)11-17(18)22(30)27-9-7-21(29)28-12-14-3-6-20(19(25)10-14)31-16-2-1-8-26-13-16/h1-6,8,10-11,13H,7,9,12H2,(H,27,30)(H,28,29). The van der Waals surface area contributed by atoms with E-state index in [0.29, 0.717) is 15.8 Å². The molecule has 0 bridgehead atoms. The van der Waals surface area contributed by atoms with E-state index in [-0.39, 0.29) is 36.7 Å². The lowest BCUT2D eigenvalue weighted by molar-refractivity contribution is -0.121. The van der Waals surface area contributed by atoms with E-state index >= 15 is 0 Å². The fourth-order valence-electron chi connectivity index (χ4n) is 2.62. The van der Waals surface area contributed by atoms with E-state index in [1.165, 1.54) is 30.5 Å². The minimum Gasteiger partial charge on any atom is -0.453 e. The zero-order valence-corrected chi connectivity index (χ0v) is 17.8. The zero-order chi connectivity index (χ0) is 22.2. The van der Waals surface area contributed by atoms with Crippen LogP contribution in [0.3, 0.4) is 0 Å². The molecule has 0 radical (unpaired) electrons. The van der Waals surface area contributed by atoms with Gasteiger partial charge >= 0.3 is 0 Å². The summed E-state index contributed by atoms with van der Waals surface area (Å²) in [5, 5.41) is 5.21. The molecule has 0 unspecified atom stereocenters. The number of hydrogen-bond acceptors (Lipinski definition) is 4. The van der Waals surface area contributed by atoms with Crippen molar-refractivity contribution in [2.24, 2.45) is 0 Å². The van der Waals surface area contributed by atoms with Crippen LogP contribution in [-0.4, -0.2) is 23.3 Å². The van der Waals surface area contributed by atoms with Crippen LogP contribution < -0.4 is 15.4 Å². The summed E-state index contributed by atoms with van der Waals surface area (Å²) in [6, 6.07) is 11.5. The smallest absolute Gasteiger partial charge is 0.252 e. The van der Waals surface area contributed by atoms with Gasteiger partial charge < -0.3 is 15.4 Å². The van der Waals surface area contributed by atoms with Gasteiger partial charge in [-0.3, -0.25) is 14.6 Å². The lowest BCUT2D eigenvalue weighted by Crippen LogP contribution is -2.30. The lowest BCUT2D eigenvalue weighted by Gasteiger charge is -2.10. The molecule has 9 heteroatoms. The van der Waals surface area contributed by atoms with Gasteiger partial charge in [-0.1, -0.05) is 6.07 Å². The van der Waals surface area contributed by atoms with Crippen LogP contribution in [0.4, 0.5) is 8.78 Å². The number of carbonyl (C=O) groups excluding carboxylic acids is 2. The summed E-state index contributed by atoms with van der Waals surface area (Å²) in [4.78, 5) is 28.0. The summed E-state index contributed by atoms with van der Waals surface area (Å²) >= 11 is 3.18. The Labute approximate surface area is 185 Å². The van der Waals surface area contributed by atoms with Crippen molar-refractivity contribution in [3.8, 4) is 11.5 Å². The fourth-order valence-corrected chi connectivity index (χ4v) is 3.04. The monoisotopic (exact) mass is 489 g/mol. The molecule has 6 nitrogen and oxygen atoms in total. The molecule has 0 aliphatic rings. The van der Waals surface area contributed by atoms with Crippen LogP contribution in [0.2, 0.25) is 0 Å². The first-order chi connectivity index (χ1) is 14.9.